The van der Waals surface area contributed by atoms with Gasteiger partial charge in [0.15, 0.2) is 5.60 Å². The van der Waals surface area contributed by atoms with Crippen LogP contribution in [0, 0.1) is 0 Å². The topological polar surface area (TPSA) is 102 Å². The van der Waals surface area contributed by atoms with Gasteiger partial charge in [-0.25, -0.2) is 9.59 Å². The third kappa shape index (κ3) is 7.38. The number of thioether (sulfide) groups is 2. The van der Waals surface area contributed by atoms with Gasteiger partial charge in [-0.05, 0) is 56.2 Å². The van der Waals surface area contributed by atoms with Crippen LogP contribution in [-0.4, -0.2) is 54.7 Å². The highest BCUT2D eigenvalue weighted by Crippen LogP contribution is 2.29. The van der Waals surface area contributed by atoms with Crippen LogP contribution in [0.3, 0.4) is 0 Å². The maximum atomic E-state index is 13.4. The van der Waals surface area contributed by atoms with Crippen molar-refractivity contribution in [3.8, 4) is 0 Å². The van der Waals surface area contributed by atoms with E-state index < -0.39 is 36.1 Å². The fourth-order valence-electron chi connectivity index (χ4n) is 2.91. The third-order valence-corrected chi connectivity index (χ3v) is 6.37. The molecule has 2 N–H and O–H groups in total. The van der Waals surface area contributed by atoms with Gasteiger partial charge in [0, 0.05) is 20.9 Å². The first-order chi connectivity index (χ1) is 16.1. The van der Waals surface area contributed by atoms with Crippen LogP contribution in [0.15, 0.2) is 70.5 Å². The molecule has 0 spiro atoms. The zero-order chi connectivity index (χ0) is 25.3. The molecule has 0 fully saturated rings. The lowest BCUT2D eigenvalue weighted by Gasteiger charge is -2.27. The third-order valence-electron chi connectivity index (χ3n) is 4.88. The molecule has 0 saturated heterocycles. The molecule has 2 rings (SSSR count). The summed E-state index contributed by atoms with van der Waals surface area (Å²) in [5.74, 6) is -1.16. The van der Waals surface area contributed by atoms with E-state index in [1.807, 2.05) is 12.5 Å². The fraction of sp³-hybridized carbons (Fsp3) is 0.320. The highest BCUT2D eigenvalue weighted by Gasteiger charge is 2.40. The number of Topliss-reactive ketones (excluding diaryl/α,β-unsaturated/α-hetero) is 1. The average molecular weight is 504 g/mol. The number of hydrogen-bond donors (Lipinski definition) is 2. The molecular formula is C25H29NO6S2. The Morgan fingerprint density at radius 1 is 1.00 bits per heavy atom. The molecular weight excluding hydrogens is 474 g/mol. The number of esters is 1. The molecule has 0 aliphatic rings. The first kappa shape index (κ1) is 27.5. The van der Waals surface area contributed by atoms with E-state index in [1.54, 1.807) is 55.5 Å². The Bertz CT molecular complexity index is 1020. The number of carbonyl (C=O) groups is 3. The van der Waals surface area contributed by atoms with Crippen LogP contribution in [0.5, 0.6) is 0 Å². The van der Waals surface area contributed by atoms with E-state index in [0.717, 1.165) is 9.79 Å². The molecule has 0 radical (unpaired) electrons. The van der Waals surface area contributed by atoms with Crippen LogP contribution in [0.1, 0.15) is 29.8 Å². The summed E-state index contributed by atoms with van der Waals surface area (Å²) in [6.07, 6.45) is 2.98. The Hall–Kier alpha value is -2.75. The fourth-order valence-corrected chi connectivity index (χ4v) is 3.72. The molecule has 0 aliphatic carbocycles. The first-order valence-electron chi connectivity index (χ1n) is 10.4. The molecule has 0 heterocycles. The molecule has 2 aromatic rings. The lowest BCUT2D eigenvalue weighted by Crippen LogP contribution is -2.44. The normalized spacial score (nSPS) is 13.3. The van der Waals surface area contributed by atoms with E-state index in [0.29, 0.717) is 11.1 Å². The predicted octanol–water partition coefficient (Wildman–Crippen LogP) is 4.43. The second-order valence-electron chi connectivity index (χ2n) is 7.65. The maximum absolute atomic E-state index is 13.4. The second-order valence-corrected chi connectivity index (χ2v) is 9.41. The summed E-state index contributed by atoms with van der Waals surface area (Å²) < 4.78 is 10.2. The zero-order valence-electron chi connectivity index (χ0n) is 19.6. The molecule has 0 aliphatic heterocycles. The molecule has 0 aromatic heterocycles. The first-order valence-corrected chi connectivity index (χ1v) is 12.9. The van der Waals surface area contributed by atoms with Crippen molar-refractivity contribution in [3.05, 3.63) is 71.8 Å². The summed E-state index contributed by atoms with van der Waals surface area (Å²) in [6, 6.07) is 13.1. The molecule has 2 atom stereocenters. The minimum Gasteiger partial charge on any atom is -0.460 e. The van der Waals surface area contributed by atoms with Gasteiger partial charge < -0.3 is 19.9 Å². The van der Waals surface area contributed by atoms with Crippen molar-refractivity contribution in [2.45, 2.75) is 35.3 Å². The van der Waals surface area contributed by atoms with Gasteiger partial charge in [-0.2, -0.15) is 0 Å². The van der Waals surface area contributed by atoms with E-state index in [2.05, 4.69) is 11.9 Å². The van der Waals surface area contributed by atoms with Crippen molar-refractivity contribution in [1.29, 1.82) is 0 Å². The van der Waals surface area contributed by atoms with Crippen LogP contribution in [0.25, 0.3) is 0 Å². The van der Waals surface area contributed by atoms with Crippen LogP contribution in [-0.2, 0) is 19.9 Å². The summed E-state index contributed by atoms with van der Waals surface area (Å²) in [4.78, 5) is 39.1. The Morgan fingerprint density at radius 3 is 2.03 bits per heavy atom. The number of amides is 1. The lowest BCUT2D eigenvalue weighted by molar-refractivity contribution is -0.139. The molecule has 182 valence electrons. The average Bonchev–Trinajstić information content (AvgIpc) is 2.85. The molecule has 2 unspecified atom stereocenters. The summed E-state index contributed by atoms with van der Waals surface area (Å²) in [7, 11) is 0. The number of ether oxygens (including phenoxy) is 2. The van der Waals surface area contributed by atoms with Crippen molar-refractivity contribution in [2.24, 2.45) is 0 Å². The summed E-state index contributed by atoms with van der Waals surface area (Å²) in [5, 5.41) is 14.0. The smallest absolute Gasteiger partial charge is 0.407 e. The van der Waals surface area contributed by atoms with Crippen molar-refractivity contribution < 1.29 is 29.0 Å². The van der Waals surface area contributed by atoms with Gasteiger partial charge in [0.1, 0.15) is 13.2 Å². The van der Waals surface area contributed by atoms with Crippen molar-refractivity contribution in [3.63, 3.8) is 0 Å². The minimum atomic E-state index is -2.09. The van der Waals surface area contributed by atoms with Gasteiger partial charge in [-0.1, -0.05) is 30.8 Å². The standard InChI is InChI=1S/C25H29NO6S2/c1-16(2)23(28)31-14-17(3)26-24(29)32-15-25(30,19-8-12-21(34-5)13-9-19)22(27)18-6-10-20(33-4)11-7-18/h6-13,17,30H,1,14-15H2,2-5H3,(H,26,29). The van der Waals surface area contributed by atoms with Gasteiger partial charge >= 0.3 is 12.1 Å². The number of ketones is 1. The monoisotopic (exact) mass is 503 g/mol. The molecule has 2 aromatic carbocycles. The molecule has 1 amide bonds. The summed E-state index contributed by atoms with van der Waals surface area (Å²) in [5.41, 5.74) is -1.25. The van der Waals surface area contributed by atoms with E-state index >= 15 is 0 Å². The van der Waals surface area contributed by atoms with Crippen LogP contribution < -0.4 is 5.32 Å². The van der Waals surface area contributed by atoms with Gasteiger partial charge in [0.25, 0.3) is 0 Å². The van der Waals surface area contributed by atoms with E-state index in [1.165, 1.54) is 30.4 Å². The highest BCUT2D eigenvalue weighted by atomic mass is 32.2. The molecule has 0 saturated carbocycles. The number of rotatable bonds is 11. The second kappa shape index (κ2) is 12.6. The van der Waals surface area contributed by atoms with Gasteiger partial charge in [-0.3, -0.25) is 4.79 Å². The quantitative estimate of drug-likeness (QED) is 0.201. The predicted molar refractivity (Wildman–Crippen MR) is 134 cm³/mol. The van der Waals surface area contributed by atoms with Crippen LogP contribution in [0.2, 0.25) is 0 Å². The van der Waals surface area contributed by atoms with Gasteiger partial charge in [-0.15, -0.1) is 23.5 Å². The molecule has 34 heavy (non-hydrogen) atoms. The highest BCUT2D eigenvalue weighted by molar-refractivity contribution is 7.98. The lowest BCUT2D eigenvalue weighted by atomic mass is 9.86. The van der Waals surface area contributed by atoms with Crippen molar-refractivity contribution >= 4 is 41.4 Å². The van der Waals surface area contributed by atoms with Crippen molar-refractivity contribution in [2.75, 3.05) is 25.7 Å². The summed E-state index contributed by atoms with van der Waals surface area (Å²) in [6.45, 7) is 5.96. The van der Waals surface area contributed by atoms with E-state index in [4.69, 9.17) is 9.47 Å². The van der Waals surface area contributed by atoms with Gasteiger partial charge in [0.2, 0.25) is 5.78 Å². The number of benzene rings is 2. The zero-order valence-corrected chi connectivity index (χ0v) is 21.3. The Kier molecular flexibility index (Phi) is 10.2. The molecule has 7 nitrogen and oxygen atoms in total. The SMILES string of the molecule is C=C(C)C(=O)OCC(C)NC(=O)OCC(O)(C(=O)c1ccc(SC)cc1)c1ccc(SC)cc1. The van der Waals surface area contributed by atoms with Crippen molar-refractivity contribution in [1.82, 2.24) is 5.32 Å². The van der Waals surface area contributed by atoms with Crippen LogP contribution in [0.4, 0.5) is 4.79 Å². The number of carbonyl (C=O) groups excluding carboxylic acids is 3. The number of nitrogens with one attached hydrogen (secondary N) is 1. The van der Waals surface area contributed by atoms with E-state index in [-0.39, 0.29) is 12.2 Å². The Balaban J connectivity index is 2.17. The number of alkyl carbamates (subject to hydrolysis) is 1. The number of hydrogen-bond acceptors (Lipinski definition) is 8. The van der Waals surface area contributed by atoms with E-state index in [9.17, 15) is 19.5 Å². The molecule has 0 bridgehead atoms. The Morgan fingerprint density at radius 2 is 1.53 bits per heavy atom. The largest absolute Gasteiger partial charge is 0.460 e. The number of aliphatic hydroxyl groups is 1. The molecule has 9 heteroatoms. The van der Waals surface area contributed by atoms with Gasteiger partial charge in [0.05, 0.1) is 6.04 Å². The minimum absolute atomic E-state index is 0.0814. The van der Waals surface area contributed by atoms with Crippen LogP contribution >= 0.6 is 23.5 Å². The summed E-state index contributed by atoms with van der Waals surface area (Å²) >= 11 is 3.06. The maximum Gasteiger partial charge on any atom is 0.407 e. The Labute approximate surface area is 208 Å².